The van der Waals surface area contributed by atoms with Crippen LogP contribution in [0, 0.1) is 37.5 Å². The molecule has 2 rings (SSSR count). The Hall–Kier alpha value is -2.35. The largest absolute Gasteiger partial charge is 0.467 e. The standard InChI is InChI=1S/C25H31N2O5S/c1-17(2)23(25(31)32-3)27-24(30)20(15-18-9-5-4-6-10-18)26-22(29)16-33-14-13-21(28)19-11-7-8-12-19/h4-12,17,20,23H,13-16H2,1-3H3,(H,26,29)(H,27,30)/t20-,23-/m0/s1. The lowest BCUT2D eigenvalue weighted by Gasteiger charge is -2.24. The third-order valence-electron chi connectivity index (χ3n) is 5.05. The molecule has 177 valence electrons. The van der Waals surface area contributed by atoms with Crippen LogP contribution in [0.2, 0.25) is 0 Å². The zero-order chi connectivity index (χ0) is 24.2. The van der Waals surface area contributed by atoms with Crippen LogP contribution in [0.15, 0.2) is 30.3 Å². The van der Waals surface area contributed by atoms with Crippen molar-refractivity contribution in [2.75, 3.05) is 18.6 Å². The number of benzene rings is 1. The monoisotopic (exact) mass is 471 g/mol. The number of rotatable bonds is 13. The van der Waals surface area contributed by atoms with Crippen LogP contribution in [0.1, 0.15) is 25.8 Å². The quantitative estimate of drug-likeness (QED) is 0.338. The van der Waals surface area contributed by atoms with Crippen LogP contribution >= 0.6 is 11.8 Å². The normalized spacial score (nSPS) is 15.6. The lowest BCUT2D eigenvalue weighted by atomic mass is 10.0. The number of esters is 1. The highest BCUT2D eigenvalue weighted by atomic mass is 32.2. The summed E-state index contributed by atoms with van der Waals surface area (Å²) in [5, 5.41) is 5.48. The molecule has 0 saturated heterocycles. The average Bonchev–Trinajstić information content (AvgIpc) is 3.34. The number of carbonyl (C=O) groups excluding carboxylic acids is 4. The van der Waals surface area contributed by atoms with Crippen molar-refractivity contribution in [1.29, 1.82) is 0 Å². The lowest BCUT2D eigenvalue weighted by molar-refractivity contribution is -0.146. The Morgan fingerprint density at radius 3 is 2.27 bits per heavy atom. The SMILES string of the molecule is COC(=O)[C@@H](NC(=O)[C@H](Cc1ccccc1)NC(=O)CSCCC(=O)[C]1[CH][CH][CH][CH]1)C(C)C. The Labute approximate surface area is 200 Å². The fourth-order valence-electron chi connectivity index (χ4n) is 3.21. The number of thioether (sulfide) groups is 1. The van der Waals surface area contributed by atoms with Crippen LogP contribution in [0.25, 0.3) is 0 Å². The molecule has 5 radical (unpaired) electrons. The number of hydrogen-bond donors (Lipinski definition) is 2. The van der Waals surface area contributed by atoms with E-state index in [1.54, 1.807) is 26.7 Å². The third kappa shape index (κ3) is 9.20. The van der Waals surface area contributed by atoms with Gasteiger partial charge in [-0.2, -0.15) is 11.8 Å². The summed E-state index contributed by atoms with van der Waals surface area (Å²) in [4.78, 5) is 49.6. The van der Waals surface area contributed by atoms with E-state index in [9.17, 15) is 19.2 Å². The van der Waals surface area contributed by atoms with Crippen molar-refractivity contribution in [3.8, 4) is 0 Å². The maximum absolute atomic E-state index is 13.0. The van der Waals surface area contributed by atoms with Gasteiger partial charge in [0.25, 0.3) is 0 Å². The summed E-state index contributed by atoms with van der Waals surface area (Å²) < 4.78 is 4.79. The highest BCUT2D eigenvalue weighted by Crippen LogP contribution is 2.25. The molecule has 0 aliphatic heterocycles. The zero-order valence-electron chi connectivity index (χ0n) is 19.2. The first-order chi connectivity index (χ1) is 15.8. The minimum Gasteiger partial charge on any atom is -0.467 e. The minimum absolute atomic E-state index is 0.0387. The summed E-state index contributed by atoms with van der Waals surface area (Å²) in [5.74, 6) is -0.133. The van der Waals surface area contributed by atoms with Gasteiger partial charge in [0.05, 0.1) is 12.9 Å². The van der Waals surface area contributed by atoms with E-state index in [2.05, 4.69) is 10.6 Å². The van der Waals surface area contributed by atoms with Crippen LogP contribution in [0.3, 0.4) is 0 Å². The Balaban J connectivity index is 1.92. The first-order valence-corrected chi connectivity index (χ1v) is 12.0. The molecule has 1 aromatic rings. The molecule has 1 aliphatic carbocycles. The van der Waals surface area contributed by atoms with Crippen molar-refractivity contribution < 1.29 is 23.9 Å². The van der Waals surface area contributed by atoms with E-state index in [-0.39, 0.29) is 29.8 Å². The molecule has 0 heterocycles. The van der Waals surface area contributed by atoms with Gasteiger partial charge in [0.1, 0.15) is 17.9 Å². The molecule has 1 aliphatic rings. The Bertz CT molecular complexity index is 793. The van der Waals surface area contributed by atoms with Gasteiger partial charge in [-0.15, -0.1) is 0 Å². The molecule has 2 atom stereocenters. The second-order valence-corrected chi connectivity index (χ2v) is 9.07. The molecule has 0 bridgehead atoms. The van der Waals surface area contributed by atoms with Crippen LogP contribution in [-0.2, 0) is 30.3 Å². The molecular weight excluding hydrogens is 440 g/mol. The molecule has 2 N–H and O–H groups in total. The van der Waals surface area contributed by atoms with Crippen LogP contribution < -0.4 is 10.6 Å². The van der Waals surface area contributed by atoms with Gasteiger partial charge < -0.3 is 15.4 Å². The van der Waals surface area contributed by atoms with Crippen LogP contribution in [0.5, 0.6) is 0 Å². The van der Waals surface area contributed by atoms with Gasteiger partial charge in [0.15, 0.2) is 0 Å². The number of Topliss-reactive ketones (excluding diaryl/α,β-unsaturated/α-hetero) is 1. The summed E-state index contributed by atoms with van der Waals surface area (Å²) >= 11 is 1.34. The molecule has 0 spiro atoms. The van der Waals surface area contributed by atoms with E-state index in [0.29, 0.717) is 18.1 Å². The van der Waals surface area contributed by atoms with Crippen molar-refractivity contribution in [1.82, 2.24) is 10.6 Å². The molecule has 7 nitrogen and oxygen atoms in total. The van der Waals surface area contributed by atoms with E-state index in [4.69, 9.17) is 4.74 Å². The number of nitrogens with one attached hydrogen (secondary N) is 2. The summed E-state index contributed by atoms with van der Waals surface area (Å²) in [6, 6.07) is 7.67. The van der Waals surface area contributed by atoms with Crippen molar-refractivity contribution in [3.63, 3.8) is 0 Å². The van der Waals surface area contributed by atoms with Gasteiger partial charge in [0, 0.05) is 24.5 Å². The maximum Gasteiger partial charge on any atom is 0.328 e. The molecular formula is C25H31N2O5S. The molecule has 0 unspecified atom stereocenters. The number of ketones is 1. The number of amides is 2. The zero-order valence-corrected chi connectivity index (χ0v) is 20.0. The first kappa shape index (κ1) is 26.9. The van der Waals surface area contributed by atoms with Crippen molar-refractivity contribution >= 4 is 35.3 Å². The number of ether oxygens (including phenoxy) is 1. The molecule has 1 fully saturated rings. The summed E-state index contributed by atoms with van der Waals surface area (Å²) in [7, 11) is 1.27. The Morgan fingerprint density at radius 2 is 1.67 bits per heavy atom. The smallest absolute Gasteiger partial charge is 0.328 e. The highest BCUT2D eigenvalue weighted by Gasteiger charge is 2.29. The molecule has 1 saturated carbocycles. The first-order valence-electron chi connectivity index (χ1n) is 10.9. The summed E-state index contributed by atoms with van der Waals surface area (Å²) in [6.45, 7) is 3.61. The van der Waals surface area contributed by atoms with Crippen LogP contribution in [0.4, 0.5) is 0 Å². The average molecular weight is 472 g/mol. The molecule has 8 heteroatoms. The number of carbonyl (C=O) groups is 4. The van der Waals surface area contributed by atoms with Crippen molar-refractivity contribution in [3.05, 3.63) is 67.5 Å². The Morgan fingerprint density at radius 1 is 1.00 bits per heavy atom. The molecule has 1 aromatic carbocycles. The predicted octanol–water partition coefficient (Wildman–Crippen LogP) is 2.13. The lowest BCUT2D eigenvalue weighted by Crippen LogP contribution is -2.54. The minimum atomic E-state index is -0.850. The van der Waals surface area contributed by atoms with Gasteiger partial charge in [0.2, 0.25) is 11.8 Å². The molecule has 0 aromatic heterocycles. The second kappa shape index (κ2) is 14.0. The molecule has 33 heavy (non-hydrogen) atoms. The van der Waals surface area contributed by atoms with E-state index < -0.39 is 24.0 Å². The van der Waals surface area contributed by atoms with E-state index >= 15 is 0 Å². The van der Waals surface area contributed by atoms with Gasteiger partial charge in [-0.05, 0) is 37.2 Å². The van der Waals surface area contributed by atoms with Gasteiger partial charge in [-0.1, -0.05) is 44.2 Å². The van der Waals surface area contributed by atoms with Crippen molar-refractivity contribution in [2.24, 2.45) is 5.92 Å². The second-order valence-electron chi connectivity index (χ2n) is 7.96. The van der Waals surface area contributed by atoms with E-state index in [1.165, 1.54) is 18.9 Å². The van der Waals surface area contributed by atoms with Crippen molar-refractivity contribution in [2.45, 2.75) is 38.8 Å². The number of hydrogen-bond acceptors (Lipinski definition) is 6. The number of methoxy groups -OCH3 is 1. The fraction of sp³-hybridized carbons (Fsp3) is 0.400. The predicted molar refractivity (Wildman–Crippen MR) is 128 cm³/mol. The maximum atomic E-state index is 13.0. The van der Waals surface area contributed by atoms with Gasteiger partial charge in [-0.3, -0.25) is 14.4 Å². The summed E-state index contributed by atoms with van der Waals surface area (Å²) in [5.41, 5.74) is 0.880. The van der Waals surface area contributed by atoms with Gasteiger partial charge >= 0.3 is 5.97 Å². The fourth-order valence-corrected chi connectivity index (χ4v) is 3.95. The van der Waals surface area contributed by atoms with E-state index in [1.807, 2.05) is 43.2 Å². The van der Waals surface area contributed by atoms with Gasteiger partial charge in [-0.25, -0.2) is 4.79 Å². The summed E-state index contributed by atoms with van der Waals surface area (Å²) in [6.07, 6.45) is 7.79. The molecule has 2 amide bonds. The third-order valence-corrected chi connectivity index (χ3v) is 6.00. The topological polar surface area (TPSA) is 102 Å². The van der Waals surface area contributed by atoms with E-state index in [0.717, 1.165) is 5.56 Å². The van der Waals surface area contributed by atoms with Crippen LogP contribution in [-0.4, -0.2) is 54.3 Å². The highest BCUT2D eigenvalue weighted by molar-refractivity contribution is 7.99. The Kier molecular flexibility index (Phi) is 11.4.